The van der Waals surface area contributed by atoms with E-state index in [9.17, 15) is 9.18 Å². The Hall–Kier alpha value is -2.48. The lowest BCUT2D eigenvalue weighted by molar-refractivity contribution is 0.122. The molecule has 1 unspecified atom stereocenters. The van der Waals surface area contributed by atoms with Gasteiger partial charge in [-0.3, -0.25) is 5.32 Å². The number of carbonyl (C=O) groups excluding carboxylic acids is 1. The van der Waals surface area contributed by atoms with Gasteiger partial charge in [-0.2, -0.15) is 5.10 Å². The highest BCUT2D eigenvalue weighted by Gasteiger charge is 2.19. The topological polar surface area (TPSA) is 68.5 Å². The molecule has 6 nitrogen and oxygen atoms in total. The van der Waals surface area contributed by atoms with E-state index >= 15 is 0 Å². The van der Waals surface area contributed by atoms with E-state index in [1.807, 2.05) is 6.92 Å². The summed E-state index contributed by atoms with van der Waals surface area (Å²) < 4.78 is 20.1. The zero-order chi connectivity index (χ0) is 15.7. The summed E-state index contributed by atoms with van der Waals surface area (Å²) in [6.07, 6.45) is 0.378. The number of halogens is 1. The van der Waals surface area contributed by atoms with E-state index in [0.29, 0.717) is 5.69 Å². The Morgan fingerprint density at radius 2 is 2.32 bits per heavy atom. The molecule has 3 aromatic rings. The Kier molecular flexibility index (Phi) is 3.76. The molecule has 0 saturated carbocycles. The van der Waals surface area contributed by atoms with Crippen molar-refractivity contribution in [2.24, 2.45) is 0 Å². The Morgan fingerprint density at radius 3 is 3.05 bits per heavy atom. The molecule has 1 N–H and O–H groups in total. The number of amides is 1. The number of ether oxygens (including phenoxy) is 1. The van der Waals surface area contributed by atoms with Crippen molar-refractivity contribution in [2.75, 3.05) is 5.32 Å². The average molecular weight is 320 g/mol. The Labute approximate surface area is 129 Å². The minimum atomic E-state index is -0.642. The summed E-state index contributed by atoms with van der Waals surface area (Å²) in [4.78, 5) is 17.6. The molecule has 0 saturated heterocycles. The van der Waals surface area contributed by atoms with Crippen molar-refractivity contribution < 1.29 is 13.9 Å². The number of anilines is 1. The van der Waals surface area contributed by atoms with Crippen molar-refractivity contribution in [3.8, 4) is 0 Å². The first-order valence-corrected chi connectivity index (χ1v) is 7.38. The first kappa shape index (κ1) is 14.5. The third-order valence-corrected chi connectivity index (χ3v) is 4.42. The largest absolute Gasteiger partial charge is 0.440 e. The van der Waals surface area contributed by atoms with Crippen LogP contribution in [0.4, 0.5) is 14.9 Å². The second-order valence-corrected chi connectivity index (χ2v) is 5.70. The number of hydrogen-bond acceptors (Lipinski definition) is 5. The Morgan fingerprint density at radius 1 is 1.50 bits per heavy atom. The highest BCUT2D eigenvalue weighted by atomic mass is 32.1. The van der Waals surface area contributed by atoms with Gasteiger partial charge in [0.05, 0.1) is 10.6 Å². The van der Waals surface area contributed by atoms with E-state index < -0.39 is 18.0 Å². The maximum atomic E-state index is 13.1. The molecule has 3 rings (SSSR count). The summed E-state index contributed by atoms with van der Waals surface area (Å²) in [7, 11) is 0. The fourth-order valence-corrected chi connectivity index (χ4v) is 3.13. The monoisotopic (exact) mass is 320 g/mol. The van der Waals surface area contributed by atoms with Crippen LogP contribution >= 0.6 is 11.3 Å². The molecule has 1 atom stereocenters. The zero-order valence-corrected chi connectivity index (χ0v) is 12.7. The minimum absolute atomic E-state index is 0.344. The van der Waals surface area contributed by atoms with Gasteiger partial charge in [0.15, 0.2) is 0 Å². The average Bonchev–Trinajstić information content (AvgIpc) is 3.02. The normalized spacial score (nSPS) is 12.3. The molecule has 0 fully saturated rings. The Bertz CT molecular complexity index is 829. The number of hydrogen-bond donors (Lipinski definition) is 1. The number of fused-ring (bicyclic) bond motifs is 1. The second kappa shape index (κ2) is 5.72. The van der Waals surface area contributed by atoms with Gasteiger partial charge in [-0.15, -0.1) is 0 Å². The van der Waals surface area contributed by atoms with Gasteiger partial charge in [-0.25, -0.2) is 18.7 Å². The van der Waals surface area contributed by atoms with Crippen LogP contribution in [0.1, 0.15) is 23.6 Å². The van der Waals surface area contributed by atoms with Crippen LogP contribution < -0.4 is 5.32 Å². The summed E-state index contributed by atoms with van der Waals surface area (Å²) >= 11 is 1.41. The lowest BCUT2D eigenvalue weighted by atomic mass is 10.3. The van der Waals surface area contributed by atoms with Crippen LogP contribution in [0.15, 0.2) is 30.6 Å². The van der Waals surface area contributed by atoms with E-state index in [1.165, 1.54) is 35.9 Å². The lowest BCUT2D eigenvalue weighted by Gasteiger charge is -2.13. The number of nitrogens with one attached hydrogen (secondary N) is 1. The van der Waals surface area contributed by atoms with Crippen LogP contribution in [0.3, 0.4) is 0 Å². The molecule has 8 heteroatoms. The predicted octanol–water partition coefficient (Wildman–Crippen LogP) is 3.55. The maximum Gasteiger partial charge on any atom is 0.412 e. The molecule has 22 heavy (non-hydrogen) atoms. The number of carbonyl (C=O) groups is 1. The number of rotatable bonds is 3. The molecule has 1 aromatic carbocycles. The Balaban J connectivity index is 1.70. The number of aryl methyl sites for hydroxylation is 1. The molecule has 114 valence electrons. The van der Waals surface area contributed by atoms with Crippen LogP contribution in [0, 0.1) is 12.7 Å². The van der Waals surface area contributed by atoms with E-state index in [2.05, 4.69) is 15.4 Å². The molecule has 0 aliphatic carbocycles. The van der Waals surface area contributed by atoms with Gasteiger partial charge in [-0.05, 0) is 32.0 Å². The van der Waals surface area contributed by atoms with Gasteiger partial charge in [0, 0.05) is 5.69 Å². The minimum Gasteiger partial charge on any atom is -0.440 e. The number of thiazole rings is 1. The van der Waals surface area contributed by atoms with Crippen LogP contribution in [0.2, 0.25) is 0 Å². The highest BCUT2D eigenvalue weighted by molar-refractivity contribution is 7.17. The van der Waals surface area contributed by atoms with Gasteiger partial charge >= 0.3 is 6.09 Å². The smallest absolute Gasteiger partial charge is 0.412 e. The first-order valence-electron chi connectivity index (χ1n) is 6.57. The van der Waals surface area contributed by atoms with Crippen LogP contribution in [-0.4, -0.2) is 20.7 Å². The molecule has 0 aliphatic heterocycles. The number of aromatic nitrogens is 3. The fourth-order valence-electron chi connectivity index (χ4n) is 2.11. The summed E-state index contributed by atoms with van der Waals surface area (Å²) in [5.74, 6) is -0.424. The molecule has 0 spiro atoms. The standard InChI is InChI=1S/C14H13FN4O2S/c1-8-12(22-13-16-7-17-19(8)13)9(2)21-14(20)18-11-5-3-4-10(15)6-11/h3-7,9H,1-2H3,(H,18,20). The van der Waals surface area contributed by atoms with Crippen molar-refractivity contribution in [1.29, 1.82) is 0 Å². The maximum absolute atomic E-state index is 13.1. The summed E-state index contributed by atoms with van der Waals surface area (Å²) in [6.45, 7) is 3.65. The second-order valence-electron chi connectivity index (χ2n) is 4.69. The van der Waals surface area contributed by atoms with Crippen LogP contribution in [0.25, 0.3) is 4.96 Å². The highest BCUT2D eigenvalue weighted by Crippen LogP contribution is 2.29. The van der Waals surface area contributed by atoms with Crippen molar-refractivity contribution in [1.82, 2.24) is 14.6 Å². The van der Waals surface area contributed by atoms with Gasteiger partial charge in [0.1, 0.15) is 18.2 Å². The van der Waals surface area contributed by atoms with Gasteiger partial charge < -0.3 is 4.74 Å². The van der Waals surface area contributed by atoms with E-state index in [0.717, 1.165) is 15.5 Å². The number of nitrogens with zero attached hydrogens (tertiary/aromatic N) is 3. The molecule has 0 bridgehead atoms. The predicted molar refractivity (Wildman–Crippen MR) is 80.5 cm³/mol. The molecular weight excluding hydrogens is 307 g/mol. The van der Waals surface area contributed by atoms with E-state index in [4.69, 9.17) is 4.74 Å². The molecule has 1 amide bonds. The molecular formula is C14H13FN4O2S. The molecule has 0 aliphatic rings. The van der Waals surface area contributed by atoms with Crippen LogP contribution in [0.5, 0.6) is 0 Å². The van der Waals surface area contributed by atoms with Crippen LogP contribution in [-0.2, 0) is 4.74 Å². The molecule has 2 aromatic heterocycles. The third kappa shape index (κ3) is 2.77. The van der Waals surface area contributed by atoms with Crippen molar-refractivity contribution in [3.05, 3.63) is 47.0 Å². The lowest BCUT2D eigenvalue weighted by Crippen LogP contribution is -2.16. The number of benzene rings is 1. The van der Waals surface area contributed by atoms with Gasteiger partial charge in [-0.1, -0.05) is 17.4 Å². The fraction of sp³-hybridized carbons (Fsp3) is 0.214. The SMILES string of the molecule is Cc1c(C(C)OC(=O)Nc2cccc(F)c2)sc2ncnn12. The van der Waals surface area contributed by atoms with E-state index in [-0.39, 0.29) is 0 Å². The third-order valence-electron chi connectivity index (χ3n) is 3.12. The van der Waals surface area contributed by atoms with Gasteiger partial charge in [0.25, 0.3) is 0 Å². The quantitative estimate of drug-likeness (QED) is 0.801. The summed E-state index contributed by atoms with van der Waals surface area (Å²) in [6, 6.07) is 5.62. The summed E-state index contributed by atoms with van der Waals surface area (Å²) in [5.41, 5.74) is 1.22. The van der Waals surface area contributed by atoms with E-state index in [1.54, 1.807) is 17.5 Å². The first-order chi connectivity index (χ1) is 10.5. The van der Waals surface area contributed by atoms with Crippen molar-refractivity contribution in [3.63, 3.8) is 0 Å². The van der Waals surface area contributed by atoms with Gasteiger partial charge in [0.2, 0.25) is 4.96 Å². The van der Waals surface area contributed by atoms with Crippen molar-refractivity contribution in [2.45, 2.75) is 20.0 Å². The molecule has 2 heterocycles. The summed E-state index contributed by atoms with van der Waals surface area (Å²) in [5, 5.41) is 6.59. The zero-order valence-electron chi connectivity index (χ0n) is 11.9. The molecule has 0 radical (unpaired) electrons. The van der Waals surface area contributed by atoms with Crippen molar-refractivity contribution >= 4 is 28.1 Å².